The molecule has 0 N–H and O–H groups in total. The van der Waals surface area contributed by atoms with Crippen molar-refractivity contribution in [2.75, 3.05) is 0 Å². The smallest absolute Gasteiger partial charge is 0.161 e. The molecule has 2 heteroatoms. The molecule has 4 aromatic rings. The number of rotatable bonds is 1. The Bertz CT molecular complexity index is 919. The Morgan fingerprint density at radius 2 is 1.25 bits per heavy atom. The maximum absolute atomic E-state index is 6.72. The maximum atomic E-state index is 6.72. The van der Waals surface area contributed by atoms with Crippen molar-refractivity contribution in [1.29, 1.82) is 0 Å². The number of hydrogen-bond acceptors (Lipinski definition) is 0. The van der Waals surface area contributed by atoms with Gasteiger partial charge in [0.05, 0.1) is 0 Å². The van der Waals surface area contributed by atoms with Crippen LogP contribution in [0.15, 0.2) is 54.6 Å². The third kappa shape index (κ3) is 1.60. The highest BCUT2D eigenvalue weighted by Gasteiger charge is 2.23. The van der Waals surface area contributed by atoms with Gasteiger partial charge in [-0.3, -0.25) is 0 Å². The monoisotopic (exact) mass is 294 g/mol. The summed E-state index contributed by atoms with van der Waals surface area (Å²) in [5.41, 5.74) is 0. The Morgan fingerprint density at radius 1 is 0.700 bits per heavy atom. The van der Waals surface area contributed by atoms with Gasteiger partial charge in [0.15, 0.2) is 7.38 Å². The largest absolute Gasteiger partial charge is 0.181 e. The lowest BCUT2D eigenvalue weighted by Gasteiger charge is -2.19. The fraction of sp³-hybridized carbons (Fsp3) is 0.111. The lowest BCUT2D eigenvalue weighted by molar-refractivity contribution is 1.78. The first-order chi connectivity index (χ1) is 9.55. The molecule has 0 fully saturated rings. The van der Waals surface area contributed by atoms with E-state index in [-0.39, 0.29) is 0 Å². The van der Waals surface area contributed by atoms with Gasteiger partial charge in [0.25, 0.3) is 0 Å². The van der Waals surface area contributed by atoms with Gasteiger partial charge in [-0.1, -0.05) is 67.7 Å². The third-order valence-corrected chi connectivity index (χ3v) is 6.50. The summed E-state index contributed by atoms with van der Waals surface area (Å²) in [4.78, 5) is 0. The van der Waals surface area contributed by atoms with Crippen LogP contribution < -0.4 is 5.19 Å². The maximum Gasteiger partial charge on any atom is 0.181 e. The van der Waals surface area contributed by atoms with Crippen molar-refractivity contribution < 1.29 is 0 Å². The highest BCUT2D eigenvalue weighted by Crippen LogP contribution is 2.34. The van der Waals surface area contributed by atoms with Crippen LogP contribution in [0.5, 0.6) is 0 Å². The van der Waals surface area contributed by atoms with Crippen LogP contribution in [-0.4, -0.2) is 7.38 Å². The van der Waals surface area contributed by atoms with E-state index in [0.29, 0.717) is 0 Å². The quantitative estimate of drug-likeness (QED) is 0.256. The topological polar surface area (TPSA) is 0 Å². The Kier molecular flexibility index (Phi) is 2.42. The molecule has 4 rings (SSSR count). The lowest BCUT2D eigenvalue weighted by Crippen LogP contribution is -2.35. The average molecular weight is 295 g/mol. The number of halogens is 1. The van der Waals surface area contributed by atoms with Gasteiger partial charge in [0.2, 0.25) is 0 Å². The van der Waals surface area contributed by atoms with Gasteiger partial charge in [-0.2, -0.15) is 11.1 Å². The summed E-state index contributed by atoms with van der Waals surface area (Å²) in [5, 5.41) is 9.35. The zero-order chi connectivity index (χ0) is 13.9. The van der Waals surface area contributed by atoms with Crippen LogP contribution in [0.3, 0.4) is 0 Å². The zero-order valence-electron chi connectivity index (χ0n) is 11.6. The van der Waals surface area contributed by atoms with Crippen molar-refractivity contribution in [3.63, 3.8) is 0 Å². The summed E-state index contributed by atoms with van der Waals surface area (Å²) < 4.78 is 0. The SMILES string of the molecule is C[Si](C)(Cl)c1ccc2ccc3cccc4ccc1c2c34. The molecule has 0 aliphatic rings. The van der Waals surface area contributed by atoms with Crippen molar-refractivity contribution in [3.8, 4) is 0 Å². The Balaban J connectivity index is 2.32. The van der Waals surface area contributed by atoms with Crippen LogP contribution in [-0.2, 0) is 0 Å². The molecule has 0 aliphatic heterocycles. The standard InChI is InChI=1S/C18H15ClSi/c1-20(2,19)16-11-9-14-7-6-12-4-3-5-13-8-10-15(16)18(14)17(12)13/h3-11H,1-2H3. The van der Waals surface area contributed by atoms with E-state index in [1.165, 1.54) is 37.5 Å². The first-order valence-corrected chi connectivity index (χ1v) is 10.9. The molecule has 0 unspecified atom stereocenters. The van der Waals surface area contributed by atoms with Gasteiger partial charge in [0, 0.05) is 0 Å². The molecule has 0 nitrogen and oxygen atoms in total. The lowest BCUT2D eigenvalue weighted by atomic mass is 9.94. The van der Waals surface area contributed by atoms with E-state index in [4.69, 9.17) is 11.1 Å². The molecule has 0 radical (unpaired) electrons. The van der Waals surface area contributed by atoms with Crippen LogP contribution in [0.2, 0.25) is 13.1 Å². The van der Waals surface area contributed by atoms with Crippen LogP contribution >= 0.6 is 11.1 Å². The molecule has 0 aliphatic carbocycles. The number of benzene rings is 4. The molecular formula is C18H15ClSi. The average Bonchev–Trinajstić information content (AvgIpc) is 2.43. The second-order valence-corrected chi connectivity index (χ2v) is 12.3. The van der Waals surface area contributed by atoms with E-state index in [2.05, 4.69) is 67.7 Å². The van der Waals surface area contributed by atoms with Gasteiger partial charge in [0.1, 0.15) is 0 Å². The highest BCUT2D eigenvalue weighted by molar-refractivity contribution is 7.26. The Hall–Kier alpha value is -1.57. The van der Waals surface area contributed by atoms with Crippen molar-refractivity contribution in [3.05, 3.63) is 54.6 Å². The van der Waals surface area contributed by atoms with Crippen molar-refractivity contribution in [2.45, 2.75) is 13.1 Å². The molecule has 0 heterocycles. The van der Waals surface area contributed by atoms with Gasteiger partial charge < -0.3 is 0 Å². The second kappa shape index (κ2) is 3.97. The minimum atomic E-state index is -1.85. The molecule has 0 amide bonds. The van der Waals surface area contributed by atoms with E-state index in [1.807, 2.05) is 0 Å². The van der Waals surface area contributed by atoms with E-state index in [1.54, 1.807) is 0 Å². The normalized spacial score (nSPS) is 12.8. The molecule has 0 aromatic heterocycles. The van der Waals surface area contributed by atoms with Crippen LogP contribution in [0.25, 0.3) is 32.3 Å². The van der Waals surface area contributed by atoms with E-state index >= 15 is 0 Å². The first kappa shape index (κ1) is 12.2. The summed E-state index contributed by atoms with van der Waals surface area (Å²) in [7, 11) is -1.85. The van der Waals surface area contributed by atoms with Crippen LogP contribution in [0.1, 0.15) is 0 Å². The molecule has 0 spiro atoms. The molecular weight excluding hydrogens is 280 g/mol. The minimum absolute atomic E-state index is 1.31. The van der Waals surface area contributed by atoms with Gasteiger partial charge >= 0.3 is 0 Å². The second-order valence-electron chi connectivity index (χ2n) is 5.94. The fourth-order valence-electron chi connectivity index (χ4n) is 3.25. The van der Waals surface area contributed by atoms with Gasteiger partial charge in [-0.25, -0.2) is 0 Å². The van der Waals surface area contributed by atoms with Crippen molar-refractivity contribution >= 4 is 56.0 Å². The molecule has 20 heavy (non-hydrogen) atoms. The molecule has 0 atom stereocenters. The first-order valence-electron chi connectivity index (χ1n) is 6.92. The summed E-state index contributed by atoms with van der Waals surface area (Å²) in [6.07, 6.45) is 0. The minimum Gasteiger partial charge on any atom is -0.161 e. The molecule has 0 saturated heterocycles. The predicted octanol–water partition coefficient (Wildman–Crippen LogP) is 5.23. The predicted molar refractivity (Wildman–Crippen MR) is 93.1 cm³/mol. The van der Waals surface area contributed by atoms with Crippen LogP contribution in [0.4, 0.5) is 0 Å². The summed E-state index contributed by atoms with van der Waals surface area (Å²) >= 11 is 6.72. The molecule has 0 saturated carbocycles. The zero-order valence-corrected chi connectivity index (χ0v) is 13.3. The fourth-order valence-corrected chi connectivity index (χ4v) is 5.08. The summed E-state index contributed by atoms with van der Waals surface area (Å²) in [5.74, 6) is 0. The number of hydrogen-bond donors (Lipinski definition) is 0. The summed E-state index contributed by atoms with van der Waals surface area (Å²) in [6, 6.07) is 19.9. The van der Waals surface area contributed by atoms with Crippen molar-refractivity contribution in [1.82, 2.24) is 0 Å². The van der Waals surface area contributed by atoms with Crippen LogP contribution in [0, 0.1) is 0 Å². The van der Waals surface area contributed by atoms with Gasteiger partial charge in [-0.05, 0) is 37.5 Å². The van der Waals surface area contributed by atoms with Crippen molar-refractivity contribution in [2.24, 2.45) is 0 Å². The molecule has 98 valence electrons. The van der Waals surface area contributed by atoms with E-state index in [9.17, 15) is 0 Å². The van der Waals surface area contributed by atoms with E-state index < -0.39 is 7.38 Å². The Morgan fingerprint density at radius 3 is 1.90 bits per heavy atom. The van der Waals surface area contributed by atoms with E-state index in [0.717, 1.165) is 0 Å². The highest BCUT2D eigenvalue weighted by atomic mass is 35.6. The Labute approximate surface area is 124 Å². The molecule has 0 bridgehead atoms. The van der Waals surface area contributed by atoms with Gasteiger partial charge in [-0.15, -0.1) is 0 Å². The summed E-state index contributed by atoms with van der Waals surface area (Å²) in [6.45, 7) is 4.39. The third-order valence-electron chi connectivity index (χ3n) is 4.17. The molecule has 4 aromatic carbocycles.